The first-order valence-electron chi connectivity index (χ1n) is 6.01. The molecule has 0 aliphatic rings. The Kier molecular flexibility index (Phi) is 4.41. The minimum Gasteiger partial charge on any atom is -0.481 e. The zero-order chi connectivity index (χ0) is 14.7. The summed E-state index contributed by atoms with van der Waals surface area (Å²) in [6.07, 6.45) is 0. The number of hydrogen-bond donors (Lipinski definition) is 2. The Balaban J connectivity index is 2.53. The molecule has 0 saturated heterocycles. The molecular formula is C13H15N3O3S. The largest absolute Gasteiger partial charge is 0.481 e. The highest BCUT2D eigenvalue weighted by molar-refractivity contribution is 7.99. The van der Waals surface area contributed by atoms with Crippen LogP contribution in [0.1, 0.15) is 17.0 Å². The quantitative estimate of drug-likeness (QED) is 0.813. The lowest BCUT2D eigenvalue weighted by Gasteiger charge is -2.14. The SMILES string of the molecule is Cc1cccc(C)c1-n1c(CO)nnc1SCC(=O)O. The molecule has 0 radical (unpaired) electrons. The third-order valence-electron chi connectivity index (χ3n) is 2.83. The number of carboxylic acids is 1. The third kappa shape index (κ3) is 2.83. The summed E-state index contributed by atoms with van der Waals surface area (Å²) in [5.74, 6) is -0.624. The van der Waals surface area contributed by atoms with Crippen LogP contribution in [0.4, 0.5) is 0 Å². The summed E-state index contributed by atoms with van der Waals surface area (Å²) in [6, 6.07) is 5.85. The molecule has 2 N–H and O–H groups in total. The first-order chi connectivity index (χ1) is 9.54. The molecule has 0 spiro atoms. The van der Waals surface area contributed by atoms with E-state index in [4.69, 9.17) is 5.11 Å². The van der Waals surface area contributed by atoms with Crippen LogP contribution >= 0.6 is 11.8 Å². The molecular weight excluding hydrogens is 278 g/mol. The second kappa shape index (κ2) is 6.06. The lowest BCUT2D eigenvalue weighted by Crippen LogP contribution is -2.08. The molecule has 7 heteroatoms. The van der Waals surface area contributed by atoms with E-state index in [9.17, 15) is 9.90 Å². The maximum Gasteiger partial charge on any atom is 0.313 e. The van der Waals surface area contributed by atoms with E-state index in [1.165, 1.54) is 0 Å². The Morgan fingerprint density at radius 2 is 1.95 bits per heavy atom. The summed E-state index contributed by atoms with van der Waals surface area (Å²) >= 11 is 1.08. The van der Waals surface area contributed by atoms with Gasteiger partial charge >= 0.3 is 5.97 Å². The van der Waals surface area contributed by atoms with Crippen molar-refractivity contribution in [3.8, 4) is 5.69 Å². The minimum absolute atomic E-state index is 0.103. The van der Waals surface area contributed by atoms with Crippen molar-refractivity contribution < 1.29 is 15.0 Å². The molecule has 0 aliphatic carbocycles. The zero-order valence-electron chi connectivity index (χ0n) is 11.2. The average molecular weight is 293 g/mol. The van der Waals surface area contributed by atoms with Gasteiger partial charge in [-0.1, -0.05) is 30.0 Å². The molecule has 0 saturated carbocycles. The van der Waals surface area contributed by atoms with E-state index in [-0.39, 0.29) is 12.4 Å². The van der Waals surface area contributed by atoms with Crippen LogP contribution in [0.2, 0.25) is 0 Å². The van der Waals surface area contributed by atoms with Crippen molar-refractivity contribution in [3.63, 3.8) is 0 Å². The Labute approximate surface area is 120 Å². The first-order valence-corrected chi connectivity index (χ1v) is 6.99. The predicted molar refractivity (Wildman–Crippen MR) is 75.1 cm³/mol. The Morgan fingerprint density at radius 3 is 2.50 bits per heavy atom. The highest BCUT2D eigenvalue weighted by Crippen LogP contribution is 2.26. The predicted octanol–water partition coefficient (Wildman–Crippen LogP) is 1.55. The molecule has 0 amide bonds. The lowest BCUT2D eigenvalue weighted by molar-refractivity contribution is -0.133. The van der Waals surface area contributed by atoms with Crippen molar-refractivity contribution in [2.75, 3.05) is 5.75 Å². The summed E-state index contributed by atoms with van der Waals surface area (Å²) in [7, 11) is 0. The van der Waals surface area contributed by atoms with Gasteiger partial charge in [-0.3, -0.25) is 9.36 Å². The van der Waals surface area contributed by atoms with E-state index in [2.05, 4.69) is 10.2 Å². The molecule has 0 fully saturated rings. The molecule has 1 aromatic carbocycles. The van der Waals surface area contributed by atoms with Crippen molar-refractivity contribution in [2.24, 2.45) is 0 Å². The Morgan fingerprint density at radius 1 is 1.30 bits per heavy atom. The Hall–Kier alpha value is -1.86. The van der Waals surface area contributed by atoms with Crippen LogP contribution in [0.25, 0.3) is 5.69 Å². The second-order valence-electron chi connectivity index (χ2n) is 4.32. The summed E-state index contributed by atoms with van der Waals surface area (Å²) < 4.78 is 1.72. The van der Waals surface area contributed by atoms with Gasteiger partial charge in [0.2, 0.25) is 0 Å². The molecule has 20 heavy (non-hydrogen) atoms. The molecule has 1 heterocycles. The molecule has 0 bridgehead atoms. The number of carbonyl (C=O) groups is 1. The van der Waals surface area contributed by atoms with Crippen LogP contribution < -0.4 is 0 Å². The van der Waals surface area contributed by atoms with Gasteiger partial charge in [-0.2, -0.15) is 0 Å². The van der Waals surface area contributed by atoms with E-state index >= 15 is 0 Å². The van der Waals surface area contributed by atoms with Gasteiger partial charge < -0.3 is 10.2 Å². The number of rotatable bonds is 5. The molecule has 2 rings (SSSR count). The molecule has 0 unspecified atom stereocenters. The summed E-state index contributed by atoms with van der Waals surface area (Å²) in [5.41, 5.74) is 2.91. The number of hydrogen-bond acceptors (Lipinski definition) is 5. The maximum atomic E-state index is 10.7. The van der Waals surface area contributed by atoms with E-state index in [0.29, 0.717) is 11.0 Å². The number of carboxylic acid groups (broad SMARTS) is 1. The van der Waals surface area contributed by atoms with Crippen LogP contribution in [-0.2, 0) is 11.4 Å². The van der Waals surface area contributed by atoms with Gasteiger partial charge in [0.25, 0.3) is 0 Å². The van der Waals surface area contributed by atoms with Crippen molar-refractivity contribution in [3.05, 3.63) is 35.2 Å². The smallest absolute Gasteiger partial charge is 0.313 e. The fourth-order valence-electron chi connectivity index (χ4n) is 2.01. The maximum absolute atomic E-state index is 10.7. The van der Waals surface area contributed by atoms with Gasteiger partial charge in [0, 0.05) is 0 Å². The number of aromatic nitrogens is 3. The van der Waals surface area contributed by atoms with Crippen molar-refractivity contribution in [1.29, 1.82) is 0 Å². The van der Waals surface area contributed by atoms with Crippen molar-refractivity contribution in [2.45, 2.75) is 25.6 Å². The number of aliphatic hydroxyl groups is 1. The van der Waals surface area contributed by atoms with Gasteiger partial charge in [-0.05, 0) is 25.0 Å². The van der Waals surface area contributed by atoms with E-state index < -0.39 is 5.97 Å². The van der Waals surface area contributed by atoms with E-state index in [1.807, 2.05) is 32.0 Å². The van der Waals surface area contributed by atoms with Crippen LogP contribution in [0.3, 0.4) is 0 Å². The van der Waals surface area contributed by atoms with Gasteiger partial charge in [-0.15, -0.1) is 10.2 Å². The average Bonchev–Trinajstić information content (AvgIpc) is 2.79. The van der Waals surface area contributed by atoms with E-state index in [0.717, 1.165) is 28.6 Å². The number of aliphatic hydroxyl groups excluding tert-OH is 1. The summed E-state index contributed by atoms with van der Waals surface area (Å²) in [5, 5.41) is 26.5. The van der Waals surface area contributed by atoms with Crippen LogP contribution in [0, 0.1) is 13.8 Å². The number of para-hydroxylation sites is 1. The number of aryl methyl sites for hydroxylation is 2. The monoisotopic (exact) mass is 293 g/mol. The lowest BCUT2D eigenvalue weighted by atomic mass is 10.1. The molecule has 1 aromatic heterocycles. The van der Waals surface area contributed by atoms with Gasteiger partial charge in [0.05, 0.1) is 11.4 Å². The van der Waals surface area contributed by atoms with Crippen LogP contribution in [-0.4, -0.2) is 36.7 Å². The molecule has 106 valence electrons. The van der Waals surface area contributed by atoms with Crippen molar-refractivity contribution in [1.82, 2.24) is 14.8 Å². The third-order valence-corrected chi connectivity index (χ3v) is 3.74. The fraction of sp³-hybridized carbons (Fsp3) is 0.308. The van der Waals surface area contributed by atoms with Crippen molar-refractivity contribution >= 4 is 17.7 Å². The van der Waals surface area contributed by atoms with E-state index in [1.54, 1.807) is 4.57 Å². The number of nitrogens with zero attached hydrogens (tertiary/aromatic N) is 3. The minimum atomic E-state index is -0.920. The number of thioether (sulfide) groups is 1. The standard InChI is InChI=1S/C13H15N3O3S/c1-8-4-3-5-9(2)12(8)16-10(6-17)14-15-13(16)20-7-11(18)19/h3-5,17H,6-7H2,1-2H3,(H,18,19). The van der Waals surface area contributed by atoms with Gasteiger partial charge in [0.15, 0.2) is 11.0 Å². The zero-order valence-corrected chi connectivity index (χ0v) is 12.0. The van der Waals surface area contributed by atoms with Gasteiger partial charge in [0.1, 0.15) is 6.61 Å². The number of benzene rings is 1. The fourth-order valence-corrected chi connectivity index (χ4v) is 2.68. The Bertz CT molecular complexity index is 620. The molecule has 2 aromatic rings. The highest BCUT2D eigenvalue weighted by Gasteiger charge is 2.17. The number of aliphatic carboxylic acids is 1. The summed E-state index contributed by atoms with van der Waals surface area (Å²) in [4.78, 5) is 10.7. The summed E-state index contributed by atoms with van der Waals surface area (Å²) in [6.45, 7) is 3.65. The highest BCUT2D eigenvalue weighted by atomic mass is 32.2. The second-order valence-corrected chi connectivity index (χ2v) is 5.26. The molecule has 0 atom stereocenters. The molecule has 6 nitrogen and oxygen atoms in total. The first kappa shape index (κ1) is 14.5. The van der Waals surface area contributed by atoms with Gasteiger partial charge in [-0.25, -0.2) is 0 Å². The van der Waals surface area contributed by atoms with Crippen LogP contribution in [0.5, 0.6) is 0 Å². The molecule has 0 aliphatic heterocycles. The topological polar surface area (TPSA) is 88.2 Å². The van der Waals surface area contributed by atoms with Crippen LogP contribution in [0.15, 0.2) is 23.4 Å². The normalized spacial score (nSPS) is 10.8.